The van der Waals surface area contributed by atoms with E-state index in [0.717, 1.165) is 16.9 Å². The Morgan fingerprint density at radius 1 is 1.00 bits per heavy atom. The lowest BCUT2D eigenvalue weighted by molar-refractivity contribution is -0.122. The zero-order valence-electron chi connectivity index (χ0n) is 21.8. The van der Waals surface area contributed by atoms with Gasteiger partial charge in [0.1, 0.15) is 23.3 Å². The first-order valence-corrected chi connectivity index (χ1v) is 13.8. The number of nitrogens with zero attached hydrogens (tertiary/aromatic N) is 1. The number of thiocarbonyl (C=S) groups is 1. The average Bonchev–Trinajstić information content (AvgIpc) is 3.14. The second kappa shape index (κ2) is 12.2. The van der Waals surface area contributed by atoms with Crippen LogP contribution in [-0.2, 0) is 16.8 Å². The molecule has 0 bridgehead atoms. The zero-order valence-corrected chi connectivity index (χ0v) is 24.2. The number of methoxy groups -OCH3 is 1. The van der Waals surface area contributed by atoms with E-state index in [2.05, 4.69) is 32.9 Å². The average molecular weight is 568 g/mol. The van der Waals surface area contributed by atoms with E-state index in [-0.39, 0.29) is 17.9 Å². The first kappa shape index (κ1) is 28.0. The summed E-state index contributed by atoms with van der Waals surface area (Å²) < 4.78 is 17.8. The number of halogens is 1. The van der Waals surface area contributed by atoms with E-state index in [9.17, 15) is 4.79 Å². The fraction of sp³-hybridized carbons (Fsp3) is 0.267. The highest BCUT2D eigenvalue weighted by Gasteiger charge is 2.32. The predicted octanol–water partition coefficient (Wildman–Crippen LogP) is 7.51. The molecule has 5 nitrogen and oxygen atoms in total. The van der Waals surface area contributed by atoms with E-state index in [4.69, 9.17) is 38.0 Å². The number of amides is 1. The van der Waals surface area contributed by atoms with Crippen molar-refractivity contribution >= 4 is 51.9 Å². The SMILES string of the molecule is COc1cc(/C=C2\SC(=S)N(Cc3ccccc3)C2=O)cc(Cl)c1OCCOc1ccc(C(C)(C)C)cc1. The van der Waals surface area contributed by atoms with Gasteiger partial charge in [-0.2, -0.15) is 0 Å². The molecule has 0 saturated carbocycles. The van der Waals surface area contributed by atoms with Gasteiger partial charge < -0.3 is 14.2 Å². The van der Waals surface area contributed by atoms with Gasteiger partial charge in [-0.15, -0.1) is 0 Å². The minimum Gasteiger partial charge on any atom is -0.493 e. The van der Waals surface area contributed by atoms with Crippen molar-refractivity contribution in [3.8, 4) is 17.2 Å². The largest absolute Gasteiger partial charge is 0.493 e. The Balaban J connectivity index is 1.39. The van der Waals surface area contributed by atoms with Gasteiger partial charge in [0, 0.05) is 0 Å². The van der Waals surface area contributed by atoms with Crippen LogP contribution in [-0.4, -0.2) is 35.5 Å². The molecule has 1 heterocycles. The fourth-order valence-electron chi connectivity index (χ4n) is 3.87. The van der Waals surface area contributed by atoms with Gasteiger partial charge in [-0.1, -0.05) is 98.8 Å². The van der Waals surface area contributed by atoms with Crippen LogP contribution in [0.25, 0.3) is 6.08 Å². The van der Waals surface area contributed by atoms with Crippen LogP contribution in [0, 0.1) is 0 Å². The quantitative estimate of drug-likeness (QED) is 0.151. The summed E-state index contributed by atoms with van der Waals surface area (Å²) in [6.45, 7) is 7.59. The van der Waals surface area contributed by atoms with Gasteiger partial charge in [-0.25, -0.2) is 0 Å². The lowest BCUT2D eigenvalue weighted by atomic mass is 9.87. The van der Waals surface area contributed by atoms with E-state index in [1.807, 2.05) is 42.5 Å². The summed E-state index contributed by atoms with van der Waals surface area (Å²) in [5.41, 5.74) is 3.07. The van der Waals surface area contributed by atoms with Gasteiger partial charge in [0.25, 0.3) is 5.91 Å². The number of rotatable bonds is 9. The molecule has 0 spiro atoms. The van der Waals surface area contributed by atoms with Crippen molar-refractivity contribution in [3.63, 3.8) is 0 Å². The molecular formula is C30H30ClNO4S2. The molecule has 1 saturated heterocycles. The normalized spacial score (nSPS) is 14.8. The van der Waals surface area contributed by atoms with Crippen molar-refractivity contribution in [3.05, 3.63) is 93.3 Å². The molecule has 3 aromatic carbocycles. The van der Waals surface area contributed by atoms with Gasteiger partial charge in [0.2, 0.25) is 0 Å². The molecule has 0 radical (unpaired) electrons. The zero-order chi connectivity index (χ0) is 27.3. The number of thioether (sulfide) groups is 1. The second-order valence-corrected chi connectivity index (χ2v) is 11.8. The van der Waals surface area contributed by atoms with Crippen LogP contribution in [0.15, 0.2) is 71.6 Å². The lowest BCUT2D eigenvalue weighted by Gasteiger charge is -2.19. The first-order chi connectivity index (χ1) is 18.2. The number of carbonyl (C=O) groups is 1. The van der Waals surface area contributed by atoms with Crippen molar-refractivity contribution in [1.29, 1.82) is 0 Å². The molecular weight excluding hydrogens is 538 g/mol. The Morgan fingerprint density at radius 3 is 2.34 bits per heavy atom. The van der Waals surface area contributed by atoms with Crippen molar-refractivity contribution in [2.45, 2.75) is 32.7 Å². The smallest absolute Gasteiger partial charge is 0.266 e. The minimum atomic E-state index is -0.132. The van der Waals surface area contributed by atoms with Crippen LogP contribution >= 0.6 is 35.6 Å². The minimum absolute atomic E-state index is 0.0915. The van der Waals surface area contributed by atoms with Crippen LogP contribution in [0.2, 0.25) is 5.02 Å². The molecule has 8 heteroatoms. The first-order valence-electron chi connectivity index (χ1n) is 12.2. The molecule has 0 unspecified atom stereocenters. The van der Waals surface area contributed by atoms with Crippen molar-refractivity contribution in [2.75, 3.05) is 20.3 Å². The molecule has 1 aliphatic rings. The topological polar surface area (TPSA) is 48.0 Å². The van der Waals surface area contributed by atoms with Gasteiger partial charge in [0.05, 0.1) is 23.6 Å². The van der Waals surface area contributed by atoms with E-state index in [0.29, 0.717) is 38.9 Å². The molecule has 198 valence electrons. The highest BCUT2D eigenvalue weighted by molar-refractivity contribution is 8.26. The summed E-state index contributed by atoms with van der Waals surface area (Å²) in [7, 11) is 1.55. The van der Waals surface area contributed by atoms with E-state index in [1.54, 1.807) is 30.2 Å². The van der Waals surface area contributed by atoms with Crippen molar-refractivity contribution < 1.29 is 19.0 Å². The summed E-state index contributed by atoms with van der Waals surface area (Å²) in [6.07, 6.45) is 1.77. The highest BCUT2D eigenvalue weighted by atomic mass is 35.5. The number of ether oxygens (including phenoxy) is 3. The molecule has 4 rings (SSSR count). The summed E-state index contributed by atoms with van der Waals surface area (Å²) in [6, 6.07) is 21.4. The predicted molar refractivity (Wildman–Crippen MR) is 159 cm³/mol. The maximum atomic E-state index is 13.0. The molecule has 1 amide bonds. The molecule has 0 aliphatic carbocycles. The van der Waals surface area contributed by atoms with Gasteiger partial charge in [-0.05, 0) is 52.4 Å². The number of hydrogen-bond donors (Lipinski definition) is 0. The Hall–Kier alpha value is -3.00. The standard InChI is InChI=1S/C30H30ClNO4S2/c1-30(2,3)22-10-12-23(13-11-22)35-14-15-36-27-24(31)16-21(17-25(27)34-4)18-26-28(33)32(29(37)38-26)19-20-8-6-5-7-9-20/h5-13,16-18H,14-15,19H2,1-4H3/b26-18-. The summed E-state index contributed by atoms with van der Waals surface area (Å²) in [5, 5.41) is 0.380. The molecule has 1 aliphatic heterocycles. The van der Waals surface area contributed by atoms with Crippen LogP contribution in [0.3, 0.4) is 0 Å². The van der Waals surface area contributed by atoms with E-state index in [1.165, 1.54) is 17.3 Å². The summed E-state index contributed by atoms with van der Waals surface area (Å²) in [4.78, 5) is 15.2. The molecule has 0 aromatic heterocycles. The maximum absolute atomic E-state index is 13.0. The molecule has 0 atom stereocenters. The Morgan fingerprint density at radius 2 is 1.68 bits per heavy atom. The lowest BCUT2D eigenvalue weighted by Crippen LogP contribution is -2.27. The van der Waals surface area contributed by atoms with E-state index >= 15 is 0 Å². The van der Waals surface area contributed by atoms with E-state index < -0.39 is 0 Å². The number of hydrogen-bond acceptors (Lipinski definition) is 6. The van der Waals surface area contributed by atoms with Crippen molar-refractivity contribution in [1.82, 2.24) is 4.90 Å². The third kappa shape index (κ3) is 6.90. The van der Waals surface area contributed by atoms with Crippen LogP contribution in [0.1, 0.15) is 37.5 Å². The molecule has 1 fully saturated rings. The highest BCUT2D eigenvalue weighted by Crippen LogP contribution is 2.39. The summed E-state index contributed by atoms with van der Waals surface area (Å²) in [5.74, 6) is 1.54. The molecule has 38 heavy (non-hydrogen) atoms. The Bertz CT molecular complexity index is 1330. The fourth-order valence-corrected chi connectivity index (χ4v) is 5.40. The molecule has 0 N–H and O–H groups in total. The van der Waals surface area contributed by atoms with Gasteiger partial charge in [-0.3, -0.25) is 9.69 Å². The summed E-state index contributed by atoms with van der Waals surface area (Å²) >= 11 is 13.3. The molecule has 3 aromatic rings. The number of carbonyl (C=O) groups excluding carboxylic acids is 1. The number of benzene rings is 3. The van der Waals surface area contributed by atoms with Crippen LogP contribution in [0.5, 0.6) is 17.2 Å². The van der Waals surface area contributed by atoms with Gasteiger partial charge >= 0.3 is 0 Å². The maximum Gasteiger partial charge on any atom is 0.266 e. The third-order valence-electron chi connectivity index (χ3n) is 5.93. The van der Waals surface area contributed by atoms with Crippen LogP contribution in [0.4, 0.5) is 0 Å². The van der Waals surface area contributed by atoms with Crippen molar-refractivity contribution in [2.24, 2.45) is 0 Å². The third-order valence-corrected chi connectivity index (χ3v) is 7.58. The Labute approximate surface area is 238 Å². The van der Waals surface area contributed by atoms with Gasteiger partial charge in [0.15, 0.2) is 11.5 Å². The second-order valence-electron chi connectivity index (χ2n) is 9.76. The van der Waals surface area contributed by atoms with Crippen LogP contribution < -0.4 is 14.2 Å². The Kier molecular flexibility index (Phi) is 9.03. The monoisotopic (exact) mass is 567 g/mol.